The number of hydrogen-bond donors (Lipinski definition) is 1. The number of aromatic nitrogens is 1. The minimum Gasteiger partial charge on any atom is -0.298 e. The number of benzene rings is 1. The lowest BCUT2D eigenvalue weighted by atomic mass is 10.2. The third-order valence-electron chi connectivity index (χ3n) is 1.96. The highest BCUT2D eigenvalue weighted by molar-refractivity contribution is 9.10. The summed E-state index contributed by atoms with van der Waals surface area (Å²) in [6.07, 6.45) is 4.90. The summed E-state index contributed by atoms with van der Waals surface area (Å²) >= 11 is 4.75. The molecule has 1 aromatic carbocycles. The van der Waals surface area contributed by atoms with Crippen LogP contribution in [0.4, 0.5) is 5.13 Å². The molecule has 2 rings (SSSR count). The molecule has 1 aromatic heterocycles. The molecule has 0 aliphatic carbocycles. The smallest absolute Gasteiger partial charge is 0.250 e. The number of carbonyl (C=O) groups excluding carboxylic acids is 1. The number of halogens is 1. The van der Waals surface area contributed by atoms with Gasteiger partial charge < -0.3 is 0 Å². The van der Waals surface area contributed by atoms with Crippen molar-refractivity contribution in [3.8, 4) is 0 Å². The minimum absolute atomic E-state index is 0.178. The molecule has 17 heavy (non-hydrogen) atoms. The van der Waals surface area contributed by atoms with Crippen molar-refractivity contribution in [1.82, 2.24) is 4.98 Å². The molecular weight excluding hydrogens is 300 g/mol. The van der Waals surface area contributed by atoms with Gasteiger partial charge in [0.1, 0.15) is 0 Å². The minimum atomic E-state index is -0.178. The van der Waals surface area contributed by atoms with Crippen molar-refractivity contribution in [1.29, 1.82) is 0 Å². The van der Waals surface area contributed by atoms with Gasteiger partial charge in [0.05, 0.1) is 0 Å². The van der Waals surface area contributed by atoms with E-state index in [9.17, 15) is 4.79 Å². The van der Waals surface area contributed by atoms with E-state index in [4.69, 9.17) is 0 Å². The molecule has 0 aliphatic rings. The largest absolute Gasteiger partial charge is 0.298 e. The molecule has 3 nitrogen and oxygen atoms in total. The summed E-state index contributed by atoms with van der Waals surface area (Å²) in [5.74, 6) is -0.178. The monoisotopic (exact) mass is 308 g/mol. The van der Waals surface area contributed by atoms with Crippen molar-refractivity contribution < 1.29 is 4.79 Å². The second-order valence-corrected chi connectivity index (χ2v) is 5.02. The van der Waals surface area contributed by atoms with Gasteiger partial charge in [-0.25, -0.2) is 4.98 Å². The first-order valence-corrected chi connectivity index (χ1v) is 6.55. The van der Waals surface area contributed by atoms with E-state index in [0.29, 0.717) is 5.13 Å². The van der Waals surface area contributed by atoms with Crippen molar-refractivity contribution in [3.05, 3.63) is 52.0 Å². The highest BCUT2D eigenvalue weighted by atomic mass is 79.9. The fourth-order valence-corrected chi connectivity index (χ4v) is 1.97. The van der Waals surface area contributed by atoms with E-state index in [1.54, 1.807) is 12.3 Å². The lowest BCUT2D eigenvalue weighted by molar-refractivity contribution is -0.111. The van der Waals surface area contributed by atoms with Gasteiger partial charge in [0, 0.05) is 22.1 Å². The second-order valence-electron chi connectivity index (χ2n) is 3.21. The van der Waals surface area contributed by atoms with Crippen LogP contribution in [0, 0.1) is 0 Å². The number of hydrogen-bond acceptors (Lipinski definition) is 3. The summed E-state index contributed by atoms with van der Waals surface area (Å²) in [5.41, 5.74) is 0.975. The van der Waals surface area contributed by atoms with E-state index in [1.165, 1.54) is 17.4 Å². The molecule has 0 spiro atoms. The highest BCUT2D eigenvalue weighted by Gasteiger charge is 1.98. The van der Waals surface area contributed by atoms with Crippen LogP contribution < -0.4 is 5.32 Å². The number of thiazole rings is 1. The van der Waals surface area contributed by atoms with Crippen molar-refractivity contribution in [2.24, 2.45) is 0 Å². The molecule has 0 bridgehead atoms. The van der Waals surface area contributed by atoms with E-state index in [0.717, 1.165) is 10.0 Å². The Balaban J connectivity index is 1.96. The summed E-state index contributed by atoms with van der Waals surface area (Å²) in [5, 5.41) is 5.10. The molecule has 0 atom stereocenters. The van der Waals surface area contributed by atoms with E-state index < -0.39 is 0 Å². The molecule has 0 fully saturated rings. The molecule has 1 heterocycles. The SMILES string of the molecule is O=C(/C=C/c1ccc(Br)cc1)Nc1nccs1. The molecule has 0 saturated carbocycles. The fourth-order valence-electron chi connectivity index (χ4n) is 1.18. The standard InChI is InChI=1S/C12H9BrN2OS/c13-10-4-1-9(2-5-10)3-6-11(16)15-12-14-7-8-17-12/h1-8H,(H,14,15,16)/b6-3+. The molecule has 0 aliphatic heterocycles. The van der Waals surface area contributed by atoms with Crippen LogP contribution in [0.5, 0.6) is 0 Å². The average molecular weight is 309 g/mol. The summed E-state index contributed by atoms with van der Waals surface area (Å²) in [7, 11) is 0. The summed E-state index contributed by atoms with van der Waals surface area (Å²) in [4.78, 5) is 15.5. The summed E-state index contributed by atoms with van der Waals surface area (Å²) in [6, 6.07) is 7.71. The topological polar surface area (TPSA) is 42.0 Å². The molecular formula is C12H9BrN2OS. The van der Waals surface area contributed by atoms with Gasteiger partial charge in [0.25, 0.3) is 0 Å². The van der Waals surface area contributed by atoms with Crippen LogP contribution in [0.15, 0.2) is 46.4 Å². The first-order valence-electron chi connectivity index (χ1n) is 4.88. The molecule has 0 unspecified atom stereocenters. The number of anilines is 1. The van der Waals surface area contributed by atoms with Crippen LogP contribution in [-0.2, 0) is 4.79 Å². The Hall–Kier alpha value is -1.46. The molecule has 0 saturated heterocycles. The van der Waals surface area contributed by atoms with Crippen molar-refractivity contribution in [3.63, 3.8) is 0 Å². The third-order valence-corrected chi connectivity index (χ3v) is 3.18. The number of nitrogens with one attached hydrogen (secondary N) is 1. The van der Waals surface area contributed by atoms with Gasteiger partial charge in [-0.15, -0.1) is 11.3 Å². The molecule has 5 heteroatoms. The van der Waals surface area contributed by atoms with E-state index >= 15 is 0 Å². The van der Waals surface area contributed by atoms with Gasteiger partial charge >= 0.3 is 0 Å². The van der Waals surface area contributed by atoms with Gasteiger partial charge in [-0.1, -0.05) is 28.1 Å². The predicted octanol–water partition coefficient (Wildman–Crippen LogP) is 3.56. The Morgan fingerprint density at radius 2 is 2.12 bits per heavy atom. The van der Waals surface area contributed by atoms with Gasteiger partial charge in [0.15, 0.2) is 5.13 Å². The van der Waals surface area contributed by atoms with Crippen LogP contribution in [-0.4, -0.2) is 10.9 Å². The Labute approximate surface area is 111 Å². The summed E-state index contributed by atoms with van der Waals surface area (Å²) < 4.78 is 1.02. The molecule has 2 aromatic rings. The van der Waals surface area contributed by atoms with Crippen LogP contribution in [0.25, 0.3) is 6.08 Å². The van der Waals surface area contributed by atoms with E-state index in [1.807, 2.05) is 29.6 Å². The maximum Gasteiger partial charge on any atom is 0.250 e. The number of carbonyl (C=O) groups is 1. The van der Waals surface area contributed by atoms with E-state index in [2.05, 4.69) is 26.2 Å². The zero-order valence-corrected chi connectivity index (χ0v) is 11.2. The molecule has 0 radical (unpaired) electrons. The Kier molecular flexibility index (Phi) is 4.06. The number of rotatable bonds is 3. The third kappa shape index (κ3) is 3.80. The molecule has 1 amide bonds. The van der Waals surface area contributed by atoms with Gasteiger partial charge in [-0.3, -0.25) is 10.1 Å². The van der Waals surface area contributed by atoms with Crippen molar-refractivity contribution >= 4 is 44.4 Å². The zero-order valence-electron chi connectivity index (χ0n) is 8.76. The van der Waals surface area contributed by atoms with Gasteiger partial charge in [-0.2, -0.15) is 0 Å². The Morgan fingerprint density at radius 1 is 1.35 bits per heavy atom. The van der Waals surface area contributed by atoms with Gasteiger partial charge in [0.2, 0.25) is 5.91 Å². The summed E-state index contributed by atoms with van der Waals surface area (Å²) in [6.45, 7) is 0. The van der Waals surface area contributed by atoms with Gasteiger partial charge in [-0.05, 0) is 23.8 Å². The average Bonchev–Trinajstić information content (AvgIpc) is 2.81. The first-order chi connectivity index (χ1) is 8.24. The highest BCUT2D eigenvalue weighted by Crippen LogP contribution is 2.12. The quantitative estimate of drug-likeness (QED) is 0.881. The maximum absolute atomic E-state index is 11.5. The molecule has 1 N–H and O–H groups in total. The number of nitrogens with zero attached hydrogens (tertiary/aromatic N) is 1. The maximum atomic E-state index is 11.5. The van der Waals surface area contributed by atoms with Crippen LogP contribution in [0.1, 0.15) is 5.56 Å². The molecule has 86 valence electrons. The van der Waals surface area contributed by atoms with Crippen LogP contribution >= 0.6 is 27.3 Å². The second kappa shape index (κ2) is 5.75. The Morgan fingerprint density at radius 3 is 2.76 bits per heavy atom. The predicted molar refractivity (Wildman–Crippen MR) is 73.9 cm³/mol. The van der Waals surface area contributed by atoms with Crippen LogP contribution in [0.3, 0.4) is 0 Å². The first kappa shape index (κ1) is 12.0. The van der Waals surface area contributed by atoms with Crippen molar-refractivity contribution in [2.75, 3.05) is 5.32 Å². The van der Waals surface area contributed by atoms with Crippen LogP contribution in [0.2, 0.25) is 0 Å². The van der Waals surface area contributed by atoms with E-state index in [-0.39, 0.29) is 5.91 Å². The normalized spacial score (nSPS) is 10.6. The Bertz CT molecular complexity index is 520. The fraction of sp³-hybridized carbons (Fsp3) is 0. The lowest BCUT2D eigenvalue weighted by Gasteiger charge is -1.96. The lowest BCUT2D eigenvalue weighted by Crippen LogP contribution is -2.06. The van der Waals surface area contributed by atoms with Crippen molar-refractivity contribution in [2.45, 2.75) is 0 Å². The number of amides is 1. The zero-order chi connectivity index (χ0) is 12.1.